The number of thioether (sulfide) groups is 1. The summed E-state index contributed by atoms with van der Waals surface area (Å²) in [5, 5.41) is 4.14. The highest BCUT2D eigenvalue weighted by atomic mass is 32.2. The third-order valence-corrected chi connectivity index (χ3v) is 5.34. The van der Waals surface area contributed by atoms with Gasteiger partial charge in [0.1, 0.15) is 0 Å². The summed E-state index contributed by atoms with van der Waals surface area (Å²) in [7, 11) is 2.09. The number of hydrogen-bond acceptors (Lipinski definition) is 2. The molecule has 0 radical (unpaired) electrons. The van der Waals surface area contributed by atoms with Crippen molar-refractivity contribution in [1.29, 1.82) is 0 Å². The normalized spacial score (nSPS) is 15.1. The predicted molar refractivity (Wildman–Crippen MR) is 92.8 cm³/mol. The summed E-state index contributed by atoms with van der Waals surface area (Å²) >= 11 is 2.02. The van der Waals surface area contributed by atoms with Crippen LogP contribution in [-0.2, 0) is 5.41 Å². The van der Waals surface area contributed by atoms with E-state index in [2.05, 4.69) is 71.2 Å². The first kappa shape index (κ1) is 17.6. The summed E-state index contributed by atoms with van der Waals surface area (Å²) in [4.78, 5) is 1.39. The standard InChI is InChI=1S/C18H31NS/c1-7-9-16(19-6)17(8-2)20-15-12-10-14(11-13-15)18(3,4)5/h10-13,16-17,19H,7-9H2,1-6H3. The number of benzene rings is 1. The maximum atomic E-state index is 3.49. The minimum atomic E-state index is 0.239. The quantitative estimate of drug-likeness (QED) is 0.690. The molecule has 0 amide bonds. The summed E-state index contributed by atoms with van der Waals surface area (Å²) < 4.78 is 0. The summed E-state index contributed by atoms with van der Waals surface area (Å²) in [6.45, 7) is 11.4. The van der Waals surface area contributed by atoms with E-state index < -0.39 is 0 Å². The molecule has 2 unspecified atom stereocenters. The molecular formula is C18H31NS. The van der Waals surface area contributed by atoms with Gasteiger partial charge in [0.05, 0.1) is 0 Å². The highest BCUT2D eigenvalue weighted by molar-refractivity contribution is 8.00. The van der Waals surface area contributed by atoms with Crippen molar-refractivity contribution in [3.05, 3.63) is 29.8 Å². The Bertz CT molecular complexity index is 377. The molecule has 1 aromatic rings. The molecule has 0 aromatic heterocycles. The van der Waals surface area contributed by atoms with Crippen LogP contribution in [0.1, 0.15) is 59.4 Å². The van der Waals surface area contributed by atoms with Gasteiger partial charge < -0.3 is 5.32 Å². The van der Waals surface area contributed by atoms with E-state index >= 15 is 0 Å². The lowest BCUT2D eigenvalue weighted by molar-refractivity contribution is 0.490. The molecule has 0 saturated heterocycles. The zero-order chi connectivity index (χ0) is 15.2. The lowest BCUT2D eigenvalue weighted by Gasteiger charge is -2.25. The van der Waals surface area contributed by atoms with Gasteiger partial charge in [-0.15, -0.1) is 11.8 Å². The molecule has 1 rings (SSSR count). The SMILES string of the molecule is CCCC(NC)C(CC)Sc1ccc(C(C)(C)C)cc1. The molecule has 0 saturated carbocycles. The molecule has 0 aliphatic carbocycles. The van der Waals surface area contributed by atoms with Crippen molar-refractivity contribution in [3.8, 4) is 0 Å². The van der Waals surface area contributed by atoms with Crippen molar-refractivity contribution in [2.45, 2.75) is 75.5 Å². The van der Waals surface area contributed by atoms with Gasteiger partial charge in [-0.1, -0.05) is 53.2 Å². The van der Waals surface area contributed by atoms with Crippen LogP contribution in [0.25, 0.3) is 0 Å². The Morgan fingerprint density at radius 2 is 1.70 bits per heavy atom. The van der Waals surface area contributed by atoms with Gasteiger partial charge in [0.15, 0.2) is 0 Å². The van der Waals surface area contributed by atoms with Gasteiger partial charge >= 0.3 is 0 Å². The Hall–Kier alpha value is -0.470. The van der Waals surface area contributed by atoms with Crippen LogP contribution in [0.2, 0.25) is 0 Å². The van der Waals surface area contributed by atoms with Crippen molar-refractivity contribution in [2.24, 2.45) is 0 Å². The third kappa shape index (κ3) is 5.14. The van der Waals surface area contributed by atoms with Crippen molar-refractivity contribution in [1.82, 2.24) is 5.32 Å². The minimum Gasteiger partial charge on any atom is -0.316 e. The third-order valence-electron chi connectivity index (χ3n) is 3.83. The summed E-state index contributed by atoms with van der Waals surface area (Å²) in [6, 6.07) is 9.74. The average Bonchev–Trinajstić information content (AvgIpc) is 2.42. The van der Waals surface area contributed by atoms with Crippen molar-refractivity contribution < 1.29 is 0 Å². The first-order chi connectivity index (χ1) is 9.42. The van der Waals surface area contributed by atoms with E-state index in [-0.39, 0.29) is 5.41 Å². The fourth-order valence-electron chi connectivity index (χ4n) is 2.49. The Morgan fingerprint density at radius 3 is 2.10 bits per heavy atom. The van der Waals surface area contributed by atoms with E-state index in [1.807, 2.05) is 11.8 Å². The highest BCUT2D eigenvalue weighted by Crippen LogP contribution is 2.31. The highest BCUT2D eigenvalue weighted by Gasteiger charge is 2.19. The largest absolute Gasteiger partial charge is 0.316 e. The van der Waals surface area contributed by atoms with E-state index in [9.17, 15) is 0 Å². The van der Waals surface area contributed by atoms with Crippen LogP contribution in [-0.4, -0.2) is 18.3 Å². The molecule has 0 fully saturated rings. The molecule has 0 spiro atoms. The lowest BCUT2D eigenvalue weighted by atomic mass is 9.87. The second-order valence-electron chi connectivity index (χ2n) is 6.52. The molecule has 2 atom stereocenters. The van der Waals surface area contributed by atoms with Crippen LogP contribution >= 0.6 is 11.8 Å². The molecule has 0 heterocycles. The molecule has 0 aliphatic heterocycles. The number of rotatable bonds is 7. The zero-order valence-corrected chi connectivity index (χ0v) is 14.8. The van der Waals surface area contributed by atoms with Crippen LogP contribution < -0.4 is 5.32 Å². The van der Waals surface area contributed by atoms with Crippen molar-refractivity contribution in [2.75, 3.05) is 7.05 Å². The van der Waals surface area contributed by atoms with Crippen LogP contribution in [0.4, 0.5) is 0 Å². The minimum absolute atomic E-state index is 0.239. The maximum absolute atomic E-state index is 3.49. The van der Waals surface area contributed by atoms with Crippen LogP contribution in [0, 0.1) is 0 Å². The Labute approximate surface area is 129 Å². The van der Waals surface area contributed by atoms with Gasteiger partial charge in [-0.3, -0.25) is 0 Å². The molecule has 2 heteroatoms. The van der Waals surface area contributed by atoms with Gasteiger partial charge in [-0.25, -0.2) is 0 Å². The van der Waals surface area contributed by atoms with E-state index in [1.165, 1.54) is 29.7 Å². The molecule has 1 N–H and O–H groups in total. The fourth-order valence-corrected chi connectivity index (χ4v) is 3.73. The van der Waals surface area contributed by atoms with Gasteiger partial charge in [0.2, 0.25) is 0 Å². The van der Waals surface area contributed by atoms with Gasteiger partial charge in [-0.05, 0) is 43.0 Å². The van der Waals surface area contributed by atoms with Crippen molar-refractivity contribution in [3.63, 3.8) is 0 Å². The van der Waals surface area contributed by atoms with Crippen molar-refractivity contribution >= 4 is 11.8 Å². The number of hydrogen-bond donors (Lipinski definition) is 1. The maximum Gasteiger partial charge on any atom is 0.0245 e. The monoisotopic (exact) mass is 293 g/mol. The molecule has 0 aliphatic rings. The summed E-state index contributed by atoms with van der Waals surface area (Å²) in [5.74, 6) is 0. The predicted octanol–water partition coefficient (Wildman–Crippen LogP) is 5.24. The number of nitrogens with one attached hydrogen (secondary N) is 1. The van der Waals surface area contributed by atoms with E-state index in [4.69, 9.17) is 0 Å². The fraction of sp³-hybridized carbons (Fsp3) is 0.667. The van der Waals surface area contributed by atoms with E-state index in [1.54, 1.807) is 0 Å². The van der Waals surface area contributed by atoms with Crippen LogP contribution in [0.3, 0.4) is 0 Å². The van der Waals surface area contributed by atoms with Crippen LogP contribution in [0.15, 0.2) is 29.2 Å². The summed E-state index contributed by atoms with van der Waals surface area (Å²) in [5.41, 5.74) is 1.65. The molecule has 20 heavy (non-hydrogen) atoms. The summed E-state index contributed by atoms with van der Waals surface area (Å²) in [6.07, 6.45) is 3.70. The van der Waals surface area contributed by atoms with Crippen LogP contribution in [0.5, 0.6) is 0 Å². The molecule has 0 bridgehead atoms. The van der Waals surface area contributed by atoms with Gasteiger partial charge in [0.25, 0.3) is 0 Å². The second-order valence-corrected chi connectivity index (χ2v) is 7.84. The molecule has 1 nitrogen and oxygen atoms in total. The van der Waals surface area contributed by atoms with Gasteiger partial charge in [-0.2, -0.15) is 0 Å². The topological polar surface area (TPSA) is 12.0 Å². The lowest BCUT2D eigenvalue weighted by Crippen LogP contribution is -2.35. The first-order valence-electron chi connectivity index (χ1n) is 7.86. The molecule has 1 aromatic carbocycles. The molecule has 114 valence electrons. The second kappa shape index (κ2) is 8.09. The Kier molecular flexibility index (Phi) is 7.11. The first-order valence-corrected chi connectivity index (χ1v) is 8.74. The molecular weight excluding hydrogens is 262 g/mol. The average molecular weight is 294 g/mol. The zero-order valence-electron chi connectivity index (χ0n) is 14.0. The smallest absolute Gasteiger partial charge is 0.0245 e. The Morgan fingerprint density at radius 1 is 1.10 bits per heavy atom. The Balaban J connectivity index is 2.75. The van der Waals surface area contributed by atoms with E-state index in [0.29, 0.717) is 11.3 Å². The van der Waals surface area contributed by atoms with Gasteiger partial charge in [0, 0.05) is 16.2 Å². The van der Waals surface area contributed by atoms with E-state index in [0.717, 1.165) is 0 Å².